The third-order valence-electron chi connectivity index (χ3n) is 7.32. The molecule has 0 radical (unpaired) electrons. The first-order valence-corrected chi connectivity index (χ1v) is 14.4. The van der Waals surface area contributed by atoms with Crippen LogP contribution in [-0.2, 0) is 27.3 Å². The maximum Gasteiger partial charge on any atom is 0.343 e. The number of amides is 4. The molecule has 4 amide bonds. The number of fused-ring (bicyclic) bond motifs is 1. The van der Waals surface area contributed by atoms with Crippen molar-refractivity contribution in [3.8, 4) is 5.75 Å². The van der Waals surface area contributed by atoms with Crippen molar-refractivity contribution in [3.63, 3.8) is 0 Å². The Kier molecular flexibility index (Phi) is 10.2. The lowest BCUT2D eigenvalue weighted by molar-refractivity contribution is -0.259. The molecule has 0 bridgehead atoms. The van der Waals surface area contributed by atoms with E-state index in [1.807, 2.05) is 44.2 Å². The molecular formula is C30H41N7O5. The van der Waals surface area contributed by atoms with Crippen LogP contribution in [0.25, 0.3) is 0 Å². The summed E-state index contributed by atoms with van der Waals surface area (Å²) in [6, 6.07) is 14.9. The summed E-state index contributed by atoms with van der Waals surface area (Å²) in [5.74, 6) is -0.310. The molecule has 226 valence electrons. The number of carbonyl (C=O) groups is 3. The zero-order chi connectivity index (χ0) is 30.2. The van der Waals surface area contributed by atoms with Crippen LogP contribution < -0.4 is 16.4 Å². The van der Waals surface area contributed by atoms with Gasteiger partial charge in [0, 0.05) is 26.1 Å². The fourth-order valence-corrected chi connectivity index (χ4v) is 5.40. The van der Waals surface area contributed by atoms with E-state index in [4.69, 9.17) is 16.0 Å². The Bertz CT molecular complexity index is 1240. The van der Waals surface area contributed by atoms with Gasteiger partial charge in [0.15, 0.2) is 18.2 Å². The molecule has 42 heavy (non-hydrogen) atoms. The average Bonchev–Trinajstić information content (AvgIpc) is 2.95. The van der Waals surface area contributed by atoms with E-state index in [1.54, 1.807) is 29.2 Å². The highest BCUT2D eigenvalue weighted by atomic mass is 16.7. The minimum absolute atomic E-state index is 0.133. The lowest BCUT2D eigenvalue weighted by Gasteiger charge is -2.53. The number of carbonyl (C=O) groups excluding carboxylic acids is 3. The zero-order valence-corrected chi connectivity index (χ0v) is 24.2. The molecular weight excluding hydrogens is 538 g/mol. The fourth-order valence-electron chi connectivity index (χ4n) is 5.40. The van der Waals surface area contributed by atoms with Gasteiger partial charge in [0.05, 0.1) is 6.54 Å². The van der Waals surface area contributed by atoms with Gasteiger partial charge in [-0.05, 0) is 48.4 Å². The Hall–Kier alpha value is -4.32. The molecule has 6 N–H and O–H groups in total. The van der Waals surface area contributed by atoms with E-state index in [-0.39, 0.29) is 42.4 Å². The number of phenols is 1. The van der Waals surface area contributed by atoms with Gasteiger partial charge in [0.1, 0.15) is 11.8 Å². The molecule has 1 unspecified atom stereocenters. The zero-order valence-electron chi connectivity index (χ0n) is 24.2. The molecule has 0 aromatic heterocycles. The molecule has 2 aliphatic rings. The van der Waals surface area contributed by atoms with Gasteiger partial charge >= 0.3 is 6.03 Å². The Morgan fingerprint density at radius 3 is 2.43 bits per heavy atom. The summed E-state index contributed by atoms with van der Waals surface area (Å²) in [5.41, 5.74) is 7.24. The Morgan fingerprint density at radius 2 is 1.76 bits per heavy atom. The predicted octanol–water partition coefficient (Wildman–Crippen LogP) is 1.79. The smallest absolute Gasteiger partial charge is 0.343 e. The van der Waals surface area contributed by atoms with Crippen LogP contribution in [0.1, 0.15) is 37.8 Å². The van der Waals surface area contributed by atoms with Gasteiger partial charge < -0.3 is 31.3 Å². The number of benzene rings is 2. The Balaban J connectivity index is 1.59. The number of piperazine rings is 1. The first kappa shape index (κ1) is 30.6. The van der Waals surface area contributed by atoms with Crippen LogP contribution in [0.3, 0.4) is 0 Å². The standard InChI is InChI=1S/C30H41N7O5/c1-20(2)18-35-19-26-36(24(27(35)39)9-6-15-33-29(31)32)28(40)25(17-22-7-4-3-5-8-22)42-37(26)30(41)34-16-14-21-10-12-23(38)13-11-21/h3-5,7-8,10-13,20,24-26,38H,6,9,14-19H2,1-2H3,(H,34,41)(H4,31,32,33)/t24-,25+,26?/m0/s1. The van der Waals surface area contributed by atoms with E-state index >= 15 is 0 Å². The van der Waals surface area contributed by atoms with Gasteiger partial charge in [-0.25, -0.2) is 4.79 Å². The van der Waals surface area contributed by atoms with E-state index in [1.165, 1.54) is 9.96 Å². The van der Waals surface area contributed by atoms with Crippen molar-refractivity contribution < 1.29 is 24.3 Å². The number of rotatable bonds is 11. The number of hydrogen-bond acceptors (Lipinski definition) is 6. The molecule has 3 atom stereocenters. The summed E-state index contributed by atoms with van der Waals surface area (Å²) >= 11 is 0. The van der Waals surface area contributed by atoms with Gasteiger partial charge in [-0.2, -0.15) is 5.06 Å². The minimum atomic E-state index is -0.992. The van der Waals surface area contributed by atoms with Crippen LogP contribution in [0, 0.1) is 11.3 Å². The average molecular weight is 580 g/mol. The van der Waals surface area contributed by atoms with E-state index in [0.29, 0.717) is 38.9 Å². The normalized spacial score (nSPS) is 20.5. The lowest BCUT2D eigenvalue weighted by Crippen LogP contribution is -2.74. The number of urea groups is 1. The summed E-state index contributed by atoms with van der Waals surface area (Å²) < 4.78 is 0. The number of hydroxylamine groups is 2. The van der Waals surface area contributed by atoms with Crippen molar-refractivity contribution in [1.29, 1.82) is 5.41 Å². The summed E-state index contributed by atoms with van der Waals surface area (Å²) in [7, 11) is 0. The van der Waals surface area contributed by atoms with Gasteiger partial charge in [0.2, 0.25) is 5.91 Å². The van der Waals surface area contributed by atoms with E-state index < -0.39 is 24.3 Å². The molecule has 0 spiro atoms. The van der Waals surface area contributed by atoms with E-state index in [2.05, 4.69) is 10.6 Å². The third-order valence-corrected chi connectivity index (χ3v) is 7.32. The SMILES string of the molecule is CC(C)CN1CC2N(C(=O)NCCc3ccc(O)cc3)O[C@H](Cc3ccccc3)C(=O)N2[C@@H](CCCNC(=N)N)C1=O. The molecule has 0 saturated carbocycles. The van der Waals surface area contributed by atoms with Crippen molar-refractivity contribution in [3.05, 3.63) is 65.7 Å². The van der Waals surface area contributed by atoms with Crippen LogP contribution >= 0.6 is 0 Å². The van der Waals surface area contributed by atoms with Crippen LogP contribution in [0.15, 0.2) is 54.6 Å². The molecule has 2 aromatic carbocycles. The summed E-state index contributed by atoms with van der Waals surface area (Å²) in [4.78, 5) is 50.7. The third kappa shape index (κ3) is 7.69. The number of nitrogens with zero attached hydrogens (tertiary/aromatic N) is 3. The molecule has 2 saturated heterocycles. The highest BCUT2D eigenvalue weighted by Gasteiger charge is 2.52. The van der Waals surface area contributed by atoms with Gasteiger partial charge in [-0.15, -0.1) is 0 Å². The maximum atomic E-state index is 14.0. The van der Waals surface area contributed by atoms with Gasteiger partial charge in [0.25, 0.3) is 5.91 Å². The monoisotopic (exact) mass is 579 g/mol. The summed E-state index contributed by atoms with van der Waals surface area (Å²) in [6.45, 7) is 5.32. The Morgan fingerprint density at radius 1 is 1.05 bits per heavy atom. The van der Waals surface area contributed by atoms with Crippen LogP contribution in [0.4, 0.5) is 4.79 Å². The summed E-state index contributed by atoms with van der Waals surface area (Å²) in [6.07, 6.45) is -0.197. The molecule has 4 rings (SSSR count). The van der Waals surface area contributed by atoms with Crippen LogP contribution in [0.5, 0.6) is 5.75 Å². The minimum Gasteiger partial charge on any atom is -0.508 e. The van der Waals surface area contributed by atoms with E-state index in [0.717, 1.165) is 11.1 Å². The number of guanidine groups is 1. The number of nitrogens with one attached hydrogen (secondary N) is 3. The molecule has 2 heterocycles. The predicted molar refractivity (Wildman–Crippen MR) is 157 cm³/mol. The first-order valence-electron chi connectivity index (χ1n) is 14.4. The van der Waals surface area contributed by atoms with Gasteiger partial charge in [-0.1, -0.05) is 56.3 Å². The van der Waals surface area contributed by atoms with Crippen LogP contribution in [0.2, 0.25) is 0 Å². The molecule has 2 fully saturated rings. The fraction of sp³-hybridized carbons (Fsp3) is 0.467. The highest BCUT2D eigenvalue weighted by molar-refractivity contribution is 5.92. The van der Waals surface area contributed by atoms with Crippen molar-refractivity contribution in [2.45, 2.75) is 57.8 Å². The molecule has 12 nitrogen and oxygen atoms in total. The highest BCUT2D eigenvalue weighted by Crippen LogP contribution is 2.31. The lowest BCUT2D eigenvalue weighted by atomic mass is 9.98. The second kappa shape index (κ2) is 14.0. The van der Waals surface area contributed by atoms with E-state index in [9.17, 15) is 19.5 Å². The van der Waals surface area contributed by atoms with Gasteiger partial charge in [-0.3, -0.25) is 19.8 Å². The first-order chi connectivity index (χ1) is 20.1. The molecule has 12 heteroatoms. The van der Waals surface area contributed by atoms with Crippen molar-refractivity contribution in [2.75, 3.05) is 26.2 Å². The molecule has 2 aromatic rings. The maximum absolute atomic E-state index is 14.0. The number of aromatic hydroxyl groups is 1. The number of phenolic OH excluding ortho intramolecular Hbond substituents is 1. The molecule has 2 aliphatic heterocycles. The summed E-state index contributed by atoms with van der Waals surface area (Å²) in [5, 5.41) is 23.8. The largest absolute Gasteiger partial charge is 0.508 e. The Labute approximate surface area is 246 Å². The second-order valence-electron chi connectivity index (χ2n) is 11.1. The topological polar surface area (TPSA) is 164 Å². The molecule has 0 aliphatic carbocycles. The number of nitrogens with two attached hydrogens (primary N) is 1. The van der Waals surface area contributed by atoms with Crippen molar-refractivity contribution in [1.82, 2.24) is 25.5 Å². The van der Waals surface area contributed by atoms with Crippen LogP contribution in [-0.4, -0.2) is 88.3 Å². The quantitative estimate of drug-likeness (QED) is 0.154. The van der Waals surface area contributed by atoms with Crippen molar-refractivity contribution >= 4 is 23.8 Å². The van der Waals surface area contributed by atoms with Crippen molar-refractivity contribution in [2.24, 2.45) is 11.7 Å². The second-order valence-corrected chi connectivity index (χ2v) is 11.1. The number of hydrogen-bond donors (Lipinski definition) is 5.